The fraction of sp³-hybridized carbons (Fsp3) is 0.0952. The van der Waals surface area contributed by atoms with Gasteiger partial charge in [0, 0.05) is 12.1 Å². The molecule has 7 heteroatoms. The molecule has 0 heterocycles. The molecule has 0 fully saturated rings. The normalized spacial score (nSPS) is 10.7. The lowest BCUT2D eigenvalue weighted by Gasteiger charge is -2.05. The first-order chi connectivity index (χ1) is 13.0. The number of aryl methyl sites for hydroxylation is 1. The quantitative estimate of drug-likeness (QED) is 0.279. The molecular weight excluding hydrogens is 378 g/mol. The van der Waals surface area contributed by atoms with Crippen molar-refractivity contribution in [1.82, 2.24) is 0 Å². The first-order valence-corrected chi connectivity index (χ1v) is 8.42. The van der Waals surface area contributed by atoms with Crippen LogP contribution in [0.4, 0.5) is 17.1 Å². The topological polar surface area (TPSA) is 78.4 Å². The van der Waals surface area contributed by atoms with Gasteiger partial charge in [-0.25, -0.2) is 10.3 Å². The van der Waals surface area contributed by atoms with Crippen LogP contribution in [-0.4, -0.2) is 17.9 Å². The van der Waals surface area contributed by atoms with Gasteiger partial charge in [0.1, 0.15) is 17.1 Å². The molecule has 0 aliphatic heterocycles. The van der Waals surface area contributed by atoms with Gasteiger partial charge in [-0.15, -0.1) is 0 Å². The Morgan fingerprint density at radius 2 is 1.57 bits per heavy atom. The van der Waals surface area contributed by atoms with E-state index < -0.39 is 4.92 Å². The summed E-state index contributed by atoms with van der Waals surface area (Å²) in [4.78, 5) is 13.9. The zero-order valence-electron chi connectivity index (χ0n) is 15.5. The Labute approximate surface area is 169 Å². The Morgan fingerprint density at radius 1 is 0.964 bits per heavy atom. The average molecular weight is 398 g/mol. The third-order valence-electron chi connectivity index (χ3n) is 4.05. The summed E-state index contributed by atoms with van der Waals surface area (Å²) in [5.74, 6) is 1.49. The summed E-state index contributed by atoms with van der Waals surface area (Å²) in [6.45, 7) is 2.03. The number of amidine groups is 1. The van der Waals surface area contributed by atoms with Crippen molar-refractivity contribution in [3.05, 3.63) is 94.0 Å². The van der Waals surface area contributed by atoms with Gasteiger partial charge in [0.25, 0.3) is 11.5 Å². The fourth-order valence-electron chi connectivity index (χ4n) is 2.53. The number of anilines is 1. The third-order valence-corrected chi connectivity index (χ3v) is 4.05. The number of hydrogen-bond acceptors (Lipinski definition) is 3. The van der Waals surface area contributed by atoms with Gasteiger partial charge in [0.2, 0.25) is 0 Å². The second-order valence-electron chi connectivity index (χ2n) is 6.02. The Balaban J connectivity index is 0.00000280. The lowest BCUT2D eigenvalue weighted by molar-refractivity contribution is -0.384. The van der Waals surface area contributed by atoms with Crippen LogP contribution in [0.2, 0.25) is 0 Å². The van der Waals surface area contributed by atoms with Crippen molar-refractivity contribution < 1.29 is 27.1 Å². The predicted octanol–water partition coefficient (Wildman–Crippen LogP) is 0.187. The van der Waals surface area contributed by atoms with Crippen LogP contribution < -0.4 is 27.5 Å². The van der Waals surface area contributed by atoms with Gasteiger partial charge in [-0.2, -0.15) is 0 Å². The van der Waals surface area contributed by atoms with Crippen molar-refractivity contribution >= 4 is 22.9 Å². The predicted molar refractivity (Wildman–Crippen MR) is 106 cm³/mol. The van der Waals surface area contributed by atoms with Gasteiger partial charge in [-0.3, -0.25) is 10.1 Å². The Hall–Kier alpha value is -3.38. The third kappa shape index (κ3) is 5.31. The lowest BCUT2D eigenvalue weighted by atomic mass is 10.1. The number of benzene rings is 3. The molecule has 0 unspecified atom stereocenters. The smallest absolute Gasteiger partial charge is 0.285 e. The maximum Gasteiger partial charge on any atom is 0.285 e. The van der Waals surface area contributed by atoms with Crippen LogP contribution in [0.3, 0.4) is 0 Å². The maximum atomic E-state index is 10.9. The van der Waals surface area contributed by atoms with Crippen molar-refractivity contribution in [2.45, 2.75) is 6.92 Å². The van der Waals surface area contributed by atoms with Gasteiger partial charge in [-0.1, -0.05) is 17.7 Å². The summed E-state index contributed by atoms with van der Waals surface area (Å²) < 4.78 is 5.19. The molecular formula is C21H20ClN3O3. The van der Waals surface area contributed by atoms with Gasteiger partial charge < -0.3 is 17.1 Å². The second-order valence-corrected chi connectivity index (χ2v) is 6.02. The van der Waals surface area contributed by atoms with E-state index in [0.717, 1.165) is 28.5 Å². The van der Waals surface area contributed by atoms with Crippen molar-refractivity contribution in [1.29, 1.82) is 0 Å². The zero-order chi connectivity index (χ0) is 19.2. The van der Waals surface area contributed by atoms with Crippen molar-refractivity contribution in [3.63, 3.8) is 0 Å². The molecule has 0 aliphatic rings. The number of nitro groups is 1. The molecule has 0 saturated heterocycles. The highest BCUT2D eigenvalue weighted by Gasteiger charge is 2.14. The minimum absolute atomic E-state index is 0. The van der Waals surface area contributed by atoms with Gasteiger partial charge in [0.15, 0.2) is 0 Å². The molecule has 0 bridgehead atoms. The number of nitrogens with zero attached hydrogens (tertiary/aromatic N) is 1. The Bertz CT molecular complexity index is 954. The molecule has 2 N–H and O–H groups in total. The highest BCUT2D eigenvalue weighted by Crippen LogP contribution is 2.17. The van der Waals surface area contributed by atoms with Crippen LogP contribution in [0.15, 0.2) is 72.8 Å². The van der Waals surface area contributed by atoms with Crippen molar-refractivity contribution in [2.24, 2.45) is 0 Å². The van der Waals surface area contributed by atoms with E-state index in [0.29, 0.717) is 0 Å². The molecule has 0 saturated carbocycles. The molecule has 0 aromatic heterocycles. The number of non-ortho nitro benzene ring substituents is 1. The first kappa shape index (κ1) is 20.9. The SMILES string of the molecule is COc1ccc(NC(=[NH+]c2ccc(C)cc2)c2ccc([N+](=O)[O-])cc2)cc1.[Cl-]. The van der Waals surface area contributed by atoms with Crippen LogP contribution in [0.1, 0.15) is 11.1 Å². The summed E-state index contributed by atoms with van der Waals surface area (Å²) in [6.07, 6.45) is 0. The number of nitrogens with one attached hydrogen (secondary N) is 2. The summed E-state index contributed by atoms with van der Waals surface area (Å²) in [5.41, 5.74) is 3.80. The molecule has 3 rings (SSSR count). The number of ether oxygens (including phenoxy) is 1. The monoisotopic (exact) mass is 397 g/mol. The van der Waals surface area contributed by atoms with Crippen LogP contribution in [0.5, 0.6) is 5.75 Å². The average Bonchev–Trinajstić information content (AvgIpc) is 2.70. The van der Waals surface area contributed by atoms with Gasteiger partial charge in [-0.05, 0) is 55.5 Å². The Morgan fingerprint density at radius 3 is 2.11 bits per heavy atom. The maximum absolute atomic E-state index is 10.9. The van der Waals surface area contributed by atoms with E-state index in [4.69, 9.17) is 4.74 Å². The summed E-state index contributed by atoms with van der Waals surface area (Å²) >= 11 is 0. The highest BCUT2D eigenvalue weighted by molar-refractivity contribution is 6.04. The molecule has 0 aliphatic carbocycles. The van der Waals surface area contributed by atoms with E-state index in [1.807, 2.05) is 55.5 Å². The van der Waals surface area contributed by atoms with Gasteiger partial charge in [0.05, 0.1) is 17.6 Å². The van der Waals surface area contributed by atoms with Crippen LogP contribution in [0, 0.1) is 17.0 Å². The zero-order valence-corrected chi connectivity index (χ0v) is 16.2. The summed E-state index contributed by atoms with van der Waals surface area (Å²) in [6, 6.07) is 21.9. The number of hydrogen-bond donors (Lipinski definition) is 2. The van der Waals surface area contributed by atoms with E-state index in [9.17, 15) is 10.1 Å². The number of nitro benzene ring substituents is 1. The van der Waals surface area contributed by atoms with Crippen LogP contribution in [-0.2, 0) is 0 Å². The molecule has 0 spiro atoms. The van der Waals surface area contributed by atoms with Crippen LogP contribution >= 0.6 is 0 Å². The van der Waals surface area contributed by atoms with E-state index in [1.165, 1.54) is 17.7 Å². The molecule has 3 aromatic carbocycles. The van der Waals surface area contributed by atoms with Crippen LogP contribution in [0.25, 0.3) is 0 Å². The lowest BCUT2D eigenvalue weighted by Crippen LogP contribution is -3.00. The summed E-state index contributed by atoms with van der Waals surface area (Å²) in [7, 11) is 1.62. The minimum atomic E-state index is -0.409. The Kier molecular flexibility index (Phi) is 7.12. The fourth-order valence-corrected chi connectivity index (χ4v) is 2.53. The molecule has 0 amide bonds. The summed E-state index contributed by atoms with van der Waals surface area (Å²) in [5, 5.41) is 14.3. The molecule has 6 nitrogen and oxygen atoms in total. The minimum Gasteiger partial charge on any atom is -1.00 e. The first-order valence-electron chi connectivity index (χ1n) is 8.42. The molecule has 0 radical (unpaired) electrons. The van der Waals surface area contributed by atoms with E-state index in [2.05, 4.69) is 10.3 Å². The molecule has 0 atom stereocenters. The standard InChI is InChI=1S/C21H19N3O3.ClH/c1-15-3-7-17(8-4-15)22-21(16-5-11-19(12-6-16)24(25)26)23-18-9-13-20(27-2)14-10-18;/h3-14H,1-2H3,(H,22,23);1H. The molecule has 144 valence electrons. The van der Waals surface area contributed by atoms with E-state index in [-0.39, 0.29) is 18.1 Å². The van der Waals surface area contributed by atoms with Crippen molar-refractivity contribution in [3.8, 4) is 5.75 Å². The van der Waals surface area contributed by atoms with Gasteiger partial charge >= 0.3 is 0 Å². The van der Waals surface area contributed by atoms with E-state index >= 15 is 0 Å². The molecule has 28 heavy (non-hydrogen) atoms. The largest absolute Gasteiger partial charge is 1.00 e. The number of halogens is 1. The molecule has 3 aromatic rings. The second kappa shape index (κ2) is 9.53. The highest BCUT2D eigenvalue weighted by atomic mass is 35.5. The van der Waals surface area contributed by atoms with E-state index in [1.54, 1.807) is 19.2 Å². The van der Waals surface area contributed by atoms with Crippen molar-refractivity contribution in [2.75, 3.05) is 12.4 Å². The number of methoxy groups -OCH3 is 1. The number of rotatable bonds is 5.